The first-order valence-corrected chi connectivity index (χ1v) is 4.13. The standard InChI is InChI=1S/C6H8N4S/c1-5-9-6(4-11-5)2-3-8-10-7/h4H,2-3H2,1H3. The van der Waals surface area contributed by atoms with Crippen molar-refractivity contribution < 1.29 is 0 Å². The molecule has 4 nitrogen and oxygen atoms in total. The van der Waals surface area contributed by atoms with Crippen molar-refractivity contribution in [2.75, 3.05) is 6.54 Å². The van der Waals surface area contributed by atoms with Gasteiger partial charge in [0, 0.05) is 16.8 Å². The first-order chi connectivity index (χ1) is 5.33. The molecule has 0 aromatic carbocycles. The zero-order valence-corrected chi connectivity index (χ0v) is 7.01. The van der Waals surface area contributed by atoms with Crippen LogP contribution in [0.1, 0.15) is 10.7 Å². The number of rotatable bonds is 3. The molecule has 0 aliphatic carbocycles. The van der Waals surface area contributed by atoms with Crippen molar-refractivity contribution in [3.05, 3.63) is 26.5 Å². The quantitative estimate of drug-likeness (QED) is 0.388. The summed E-state index contributed by atoms with van der Waals surface area (Å²) in [6.45, 7) is 2.46. The summed E-state index contributed by atoms with van der Waals surface area (Å²) in [4.78, 5) is 6.88. The molecule has 0 N–H and O–H groups in total. The van der Waals surface area contributed by atoms with Gasteiger partial charge in [-0.25, -0.2) is 4.98 Å². The van der Waals surface area contributed by atoms with Gasteiger partial charge in [0.2, 0.25) is 0 Å². The molecule has 0 aliphatic heterocycles. The number of hydrogen-bond acceptors (Lipinski definition) is 3. The van der Waals surface area contributed by atoms with E-state index in [9.17, 15) is 0 Å². The van der Waals surface area contributed by atoms with Crippen molar-refractivity contribution in [1.82, 2.24) is 4.98 Å². The zero-order valence-electron chi connectivity index (χ0n) is 6.19. The normalized spacial score (nSPS) is 9.18. The van der Waals surface area contributed by atoms with Gasteiger partial charge in [0.05, 0.1) is 10.7 Å². The van der Waals surface area contributed by atoms with Crippen molar-refractivity contribution in [3.8, 4) is 0 Å². The van der Waals surface area contributed by atoms with Crippen LogP contribution in [-0.4, -0.2) is 11.5 Å². The van der Waals surface area contributed by atoms with Gasteiger partial charge < -0.3 is 0 Å². The number of aromatic nitrogens is 1. The summed E-state index contributed by atoms with van der Waals surface area (Å²) in [5, 5.41) is 6.47. The third-order valence-corrected chi connectivity index (χ3v) is 2.02. The Labute approximate surface area is 68.5 Å². The Morgan fingerprint density at radius 2 is 2.64 bits per heavy atom. The van der Waals surface area contributed by atoms with E-state index < -0.39 is 0 Å². The Hall–Kier alpha value is -1.06. The van der Waals surface area contributed by atoms with Gasteiger partial charge in [-0.3, -0.25) is 0 Å². The molecule has 5 heteroatoms. The molecule has 0 bridgehead atoms. The summed E-state index contributed by atoms with van der Waals surface area (Å²) in [7, 11) is 0. The molecule has 0 spiro atoms. The van der Waals surface area contributed by atoms with Crippen LogP contribution in [0.3, 0.4) is 0 Å². The van der Waals surface area contributed by atoms with Crippen molar-refractivity contribution in [3.63, 3.8) is 0 Å². The second-order valence-corrected chi connectivity index (χ2v) is 3.12. The van der Waals surface area contributed by atoms with E-state index in [1.54, 1.807) is 11.3 Å². The molecule has 11 heavy (non-hydrogen) atoms. The molecule has 0 atom stereocenters. The van der Waals surface area contributed by atoms with Gasteiger partial charge in [0.1, 0.15) is 0 Å². The Balaban J connectivity index is 2.44. The van der Waals surface area contributed by atoms with Crippen LogP contribution < -0.4 is 0 Å². The summed E-state index contributed by atoms with van der Waals surface area (Å²) in [6, 6.07) is 0. The Morgan fingerprint density at radius 3 is 3.18 bits per heavy atom. The van der Waals surface area contributed by atoms with Gasteiger partial charge in [-0.2, -0.15) is 0 Å². The molecule has 0 saturated heterocycles. The minimum Gasteiger partial charge on any atom is -0.247 e. The lowest BCUT2D eigenvalue weighted by molar-refractivity contribution is 0.920. The fourth-order valence-electron chi connectivity index (χ4n) is 0.732. The SMILES string of the molecule is Cc1nc(CCN=[N+]=[N-])cs1. The third-order valence-electron chi connectivity index (χ3n) is 1.20. The van der Waals surface area contributed by atoms with Crippen LogP contribution in [0.2, 0.25) is 0 Å². The molecule has 0 saturated carbocycles. The van der Waals surface area contributed by atoms with Crippen LogP contribution in [0, 0.1) is 6.92 Å². The van der Waals surface area contributed by atoms with E-state index in [0.717, 1.165) is 17.1 Å². The number of aryl methyl sites for hydroxylation is 1. The summed E-state index contributed by atoms with van der Waals surface area (Å²) in [6.07, 6.45) is 0.744. The lowest BCUT2D eigenvalue weighted by atomic mass is 10.3. The van der Waals surface area contributed by atoms with E-state index in [0.29, 0.717) is 6.54 Å². The molecule has 0 fully saturated rings. The van der Waals surface area contributed by atoms with Gasteiger partial charge >= 0.3 is 0 Å². The molecule has 0 radical (unpaired) electrons. The van der Waals surface area contributed by atoms with Gasteiger partial charge in [0.25, 0.3) is 0 Å². The van der Waals surface area contributed by atoms with Crippen molar-refractivity contribution in [1.29, 1.82) is 0 Å². The monoisotopic (exact) mass is 168 g/mol. The number of nitrogens with zero attached hydrogens (tertiary/aromatic N) is 4. The molecule has 1 aromatic rings. The van der Waals surface area contributed by atoms with Crippen molar-refractivity contribution in [2.24, 2.45) is 5.11 Å². The average molecular weight is 168 g/mol. The minimum atomic E-state index is 0.500. The zero-order chi connectivity index (χ0) is 8.10. The van der Waals surface area contributed by atoms with Gasteiger partial charge in [0.15, 0.2) is 0 Å². The third kappa shape index (κ3) is 2.57. The second kappa shape index (κ2) is 3.95. The van der Waals surface area contributed by atoms with Crippen molar-refractivity contribution in [2.45, 2.75) is 13.3 Å². The van der Waals surface area contributed by atoms with Gasteiger partial charge in [-0.05, 0) is 18.9 Å². The van der Waals surface area contributed by atoms with E-state index in [-0.39, 0.29) is 0 Å². The molecule has 0 unspecified atom stereocenters. The first kappa shape index (κ1) is 8.04. The number of azide groups is 1. The van der Waals surface area contributed by atoms with Crippen molar-refractivity contribution >= 4 is 11.3 Å². The van der Waals surface area contributed by atoms with Gasteiger partial charge in [-0.15, -0.1) is 11.3 Å². The average Bonchev–Trinajstić information content (AvgIpc) is 2.37. The van der Waals surface area contributed by atoms with Gasteiger partial charge in [-0.1, -0.05) is 5.11 Å². The second-order valence-electron chi connectivity index (χ2n) is 2.06. The van der Waals surface area contributed by atoms with E-state index in [4.69, 9.17) is 5.53 Å². The highest BCUT2D eigenvalue weighted by Crippen LogP contribution is 2.07. The van der Waals surface area contributed by atoms with Crippen LogP contribution in [0.5, 0.6) is 0 Å². The molecule has 58 valence electrons. The van der Waals surface area contributed by atoms with Crippen LogP contribution in [0.25, 0.3) is 10.4 Å². The lowest BCUT2D eigenvalue weighted by Crippen LogP contribution is -1.87. The molecule has 0 amide bonds. The summed E-state index contributed by atoms with van der Waals surface area (Å²) < 4.78 is 0. The predicted octanol–water partition coefficient (Wildman–Crippen LogP) is 2.30. The van der Waals surface area contributed by atoms with E-state index in [1.807, 2.05) is 12.3 Å². The molecular weight excluding hydrogens is 160 g/mol. The summed E-state index contributed by atoms with van der Waals surface area (Å²) in [5.74, 6) is 0. The highest BCUT2D eigenvalue weighted by Gasteiger charge is 1.95. The van der Waals surface area contributed by atoms with Crippen LogP contribution in [-0.2, 0) is 6.42 Å². The minimum absolute atomic E-state index is 0.500. The maximum Gasteiger partial charge on any atom is 0.0897 e. The smallest absolute Gasteiger partial charge is 0.0897 e. The predicted molar refractivity (Wildman–Crippen MR) is 44.6 cm³/mol. The first-order valence-electron chi connectivity index (χ1n) is 3.25. The molecular formula is C6H8N4S. The molecule has 1 aromatic heterocycles. The fraction of sp³-hybridized carbons (Fsp3) is 0.500. The Bertz CT molecular complexity index is 274. The summed E-state index contributed by atoms with van der Waals surface area (Å²) >= 11 is 1.62. The number of thiazole rings is 1. The molecule has 1 rings (SSSR count). The van der Waals surface area contributed by atoms with E-state index in [2.05, 4.69) is 15.0 Å². The van der Waals surface area contributed by atoms with Crippen LogP contribution in [0.15, 0.2) is 10.5 Å². The maximum atomic E-state index is 7.99. The number of hydrogen-bond donors (Lipinski definition) is 0. The largest absolute Gasteiger partial charge is 0.247 e. The highest BCUT2D eigenvalue weighted by molar-refractivity contribution is 7.09. The van der Waals surface area contributed by atoms with Crippen LogP contribution >= 0.6 is 11.3 Å². The van der Waals surface area contributed by atoms with E-state index >= 15 is 0 Å². The topological polar surface area (TPSA) is 61.7 Å². The highest BCUT2D eigenvalue weighted by atomic mass is 32.1. The lowest BCUT2D eigenvalue weighted by Gasteiger charge is -1.86. The molecule has 0 aliphatic rings. The summed E-state index contributed by atoms with van der Waals surface area (Å²) in [5.41, 5.74) is 9.00. The van der Waals surface area contributed by atoms with Crippen LogP contribution in [0.4, 0.5) is 0 Å². The van der Waals surface area contributed by atoms with E-state index in [1.165, 1.54) is 0 Å². The molecule has 1 heterocycles. The fourth-order valence-corrected chi connectivity index (χ4v) is 1.38. The Kier molecular flexibility index (Phi) is 2.89. The maximum absolute atomic E-state index is 7.99. The Morgan fingerprint density at radius 1 is 1.82 bits per heavy atom.